The van der Waals surface area contributed by atoms with Crippen LogP contribution in [0.2, 0.25) is 5.02 Å². The zero-order chi connectivity index (χ0) is 13.7. The highest BCUT2D eigenvalue weighted by Gasteiger charge is 2.11. The average Bonchev–Trinajstić information content (AvgIpc) is 2.24. The van der Waals surface area contributed by atoms with Crippen LogP contribution >= 0.6 is 11.6 Å². The summed E-state index contributed by atoms with van der Waals surface area (Å²) >= 11 is 6.00. The van der Waals surface area contributed by atoms with Crippen molar-refractivity contribution in [1.82, 2.24) is 0 Å². The summed E-state index contributed by atoms with van der Waals surface area (Å²) in [4.78, 5) is 22.4. The standard InChI is InChI=1S/C13H16ClNO3/c1-4-18-12-7-10(14)8(2)5-11(12)15-13(17)6-9(3)16/h5,7H,4,6H2,1-3H3,(H,15,17). The van der Waals surface area contributed by atoms with E-state index in [4.69, 9.17) is 16.3 Å². The molecule has 1 rings (SSSR count). The number of hydrogen-bond acceptors (Lipinski definition) is 3. The SMILES string of the molecule is CCOc1cc(Cl)c(C)cc1NC(=O)CC(C)=O. The van der Waals surface area contributed by atoms with Crippen molar-refractivity contribution in [2.75, 3.05) is 11.9 Å². The molecule has 0 aliphatic rings. The van der Waals surface area contributed by atoms with Crippen LogP contribution in [0.3, 0.4) is 0 Å². The van der Waals surface area contributed by atoms with Crippen molar-refractivity contribution in [1.29, 1.82) is 0 Å². The highest BCUT2D eigenvalue weighted by molar-refractivity contribution is 6.31. The number of carbonyl (C=O) groups excluding carboxylic acids is 2. The fourth-order valence-corrected chi connectivity index (χ4v) is 1.61. The van der Waals surface area contributed by atoms with E-state index in [2.05, 4.69) is 5.32 Å². The van der Waals surface area contributed by atoms with E-state index in [1.807, 2.05) is 13.8 Å². The lowest BCUT2D eigenvalue weighted by atomic mass is 10.2. The minimum atomic E-state index is -0.356. The number of Topliss-reactive ketones (excluding diaryl/α,β-unsaturated/α-hetero) is 1. The Bertz CT molecular complexity index is 472. The van der Waals surface area contributed by atoms with E-state index in [-0.39, 0.29) is 18.1 Å². The van der Waals surface area contributed by atoms with Gasteiger partial charge in [-0.25, -0.2) is 0 Å². The van der Waals surface area contributed by atoms with Gasteiger partial charge in [-0.3, -0.25) is 9.59 Å². The molecule has 0 atom stereocenters. The van der Waals surface area contributed by atoms with Gasteiger partial charge in [0.2, 0.25) is 5.91 Å². The number of rotatable bonds is 5. The molecular weight excluding hydrogens is 254 g/mol. The molecule has 0 aliphatic carbocycles. The van der Waals surface area contributed by atoms with Crippen LogP contribution in [0.4, 0.5) is 5.69 Å². The second-order valence-corrected chi connectivity index (χ2v) is 4.36. The number of halogens is 1. The van der Waals surface area contributed by atoms with Crippen molar-refractivity contribution in [3.8, 4) is 5.75 Å². The van der Waals surface area contributed by atoms with Gasteiger partial charge in [-0.05, 0) is 32.4 Å². The number of carbonyl (C=O) groups is 2. The molecule has 0 unspecified atom stereocenters. The number of benzene rings is 1. The second-order valence-electron chi connectivity index (χ2n) is 3.96. The Morgan fingerprint density at radius 3 is 2.61 bits per heavy atom. The fourth-order valence-electron chi connectivity index (χ4n) is 1.46. The highest BCUT2D eigenvalue weighted by atomic mass is 35.5. The molecule has 1 amide bonds. The van der Waals surface area contributed by atoms with Gasteiger partial charge >= 0.3 is 0 Å². The first-order valence-corrected chi connectivity index (χ1v) is 6.04. The number of aryl methyl sites for hydroxylation is 1. The Balaban J connectivity index is 2.95. The third kappa shape index (κ3) is 4.04. The number of nitrogens with one attached hydrogen (secondary N) is 1. The van der Waals surface area contributed by atoms with Gasteiger partial charge in [-0.1, -0.05) is 11.6 Å². The molecule has 0 bridgehead atoms. The first-order valence-electron chi connectivity index (χ1n) is 5.66. The van der Waals surface area contributed by atoms with Crippen LogP contribution in [-0.2, 0) is 9.59 Å². The molecule has 5 heteroatoms. The number of amides is 1. The van der Waals surface area contributed by atoms with E-state index >= 15 is 0 Å². The first-order chi connectivity index (χ1) is 8.43. The van der Waals surface area contributed by atoms with Crippen molar-refractivity contribution < 1.29 is 14.3 Å². The van der Waals surface area contributed by atoms with Gasteiger partial charge < -0.3 is 10.1 Å². The molecule has 0 heterocycles. The lowest BCUT2D eigenvalue weighted by Gasteiger charge is -2.13. The summed E-state index contributed by atoms with van der Waals surface area (Å²) in [6.45, 7) is 5.51. The fraction of sp³-hybridized carbons (Fsp3) is 0.385. The van der Waals surface area contributed by atoms with E-state index in [1.54, 1.807) is 12.1 Å². The van der Waals surface area contributed by atoms with Crippen LogP contribution in [-0.4, -0.2) is 18.3 Å². The van der Waals surface area contributed by atoms with Gasteiger partial charge in [0.05, 0.1) is 18.7 Å². The Labute approximate surface area is 111 Å². The first kappa shape index (κ1) is 14.5. The predicted molar refractivity (Wildman–Crippen MR) is 71.3 cm³/mol. The molecule has 0 saturated heterocycles. The van der Waals surface area contributed by atoms with Gasteiger partial charge in [0.15, 0.2) is 0 Å². The van der Waals surface area contributed by atoms with Crippen LogP contribution in [0.15, 0.2) is 12.1 Å². The Morgan fingerprint density at radius 2 is 2.06 bits per heavy atom. The van der Waals surface area contributed by atoms with Gasteiger partial charge in [-0.2, -0.15) is 0 Å². The van der Waals surface area contributed by atoms with Crippen LogP contribution in [0.1, 0.15) is 25.8 Å². The third-order valence-electron chi connectivity index (χ3n) is 2.24. The maximum absolute atomic E-state index is 11.6. The third-order valence-corrected chi connectivity index (χ3v) is 2.65. The monoisotopic (exact) mass is 269 g/mol. The topological polar surface area (TPSA) is 55.4 Å². The number of anilines is 1. The lowest BCUT2D eigenvalue weighted by molar-refractivity contribution is -0.124. The molecule has 0 fully saturated rings. The van der Waals surface area contributed by atoms with Crippen LogP contribution < -0.4 is 10.1 Å². The van der Waals surface area contributed by atoms with E-state index in [0.29, 0.717) is 23.1 Å². The molecule has 0 aromatic heterocycles. The zero-order valence-corrected chi connectivity index (χ0v) is 11.4. The molecule has 0 aliphatic heterocycles. The molecule has 18 heavy (non-hydrogen) atoms. The summed E-state index contributed by atoms with van der Waals surface area (Å²) in [5.41, 5.74) is 1.36. The molecule has 1 aromatic rings. The summed E-state index contributed by atoms with van der Waals surface area (Å²) < 4.78 is 5.39. The lowest BCUT2D eigenvalue weighted by Crippen LogP contribution is -2.15. The quantitative estimate of drug-likeness (QED) is 0.836. The van der Waals surface area contributed by atoms with Crippen molar-refractivity contribution in [3.63, 3.8) is 0 Å². The molecule has 0 spiro atoms. The van der Waals surface area contributed by atoms with Gasteiger partial charge in [0, 0.05) is 11.1 Å². The second kappa shape index (κ2) is 6.40. The van der Waals surface area contributed by atoms with Gasteiger partial charge in [-0.15, -0.1) is 0 Å². The summed E-state index contributed by atoms with van der Waals surface area (Å²) in [5.74, 6) is -0.0358. The van der Waals surface area contributed by atoms with E-state index < -0.39 is 0 Å². The number of ketones is 1. The maximum atomic E-state index is 11.6. The van der Waals surface area contributed by atoms with Crippen LogP contribution in [0.25, 0.3) is 0 Å². The van der Waals surface area contributed by atoms with Gasteiger partial charge in [0.1, 0.15) is 11.5 Å². The van der Waals surface area contributed by atoms with E-state index in [1.165, 1.54) is 6.92 Å². The van der Waals surface area contributed by atoms with Crippen LogP contribution in [0.5, 0.6) is 5.75 Å². The van der Waals surface area contributed by atoms with E-state index in [9.17, 15) is 9.59 Å². The number of ether oxygens (including phenoxy) is 1. The van der Waals surface area contributed by atoms with Crippen molar-refractivity contribution in [2.24, 2.45) is 0 Å². The van der Waals surface area contributed by atoms with Crippen LogP contribution in [0, 0.1) is 6.92 Å². The minimum Gasteiger partial charge on any atom is -0.492 e. The van der Waals surface area contributed by atoms with Crippen molar-refractivity contribution in [2.45, 2.75) is 27.2 Å². The Hall–Kier alpha value is -1.55. The Kier molecular flexibility index (Phi) is 5.16. The maximum Gasteiger partial charge on any atom is 0.231 e. The highest BCUT2D eigenvalue weighted by Crippen LogP contribution is 2.31. The summed E-state index contributed by atoms with van der Waals surface area (Å²) in [6, 6.07) is 3.38. The zero-order valence-electron chi connectivity index (χ0n) is 10.7. The molecule has 98 valence electrons. The van der Waals surface area contributed by atoms with Gasteiger partial charge in [0.25, 0.3) is 0 Å². The van der Waals surface area contributed by atoms with E-state index in [0.717, 1.165) is 5.56 Å². The largest absolute Gasteiger partial charge is 0.492 e. The smallest absolute Gasteiger partial charge is 0.231 e. The number of hydrogen-bond donors (Lipinski definition) is 1. The summed E-state index contributed by atoms with van der Waals surface area (Å²) in [7, 11) is 0. The molecule has 0 radical (unpaired) electrons. The molecular formula is C13H16ClNO3. The minimum absolute atomic E-state index is 0.146. The summed E-state index contributed by atoms with van der Waals surface area (Å²) in [6.07, 6.45) is -0.146. The van der Waals surface area contributed by atoms with Crippen molar-refractivity contribution >= 4 is 29.0 Å². The normalized spacial score (nSPS) is 10.0. The molecule has 4 nitrogen and oxygen atoms in total. The Morgan fingerprint density at radius 1 is 1.39 bits per heavy atom. The van der Waals surface area contributed by atoms with Crippen molar-refractivity contribution in [3.05, 3.63) is 22.7 Å². The molecule has 0 saturated carbocycles. The molecule has 1 aromatic carbocycles. The summed E-state index contributed by atoms with van der Waals surface area (Å²) in [5, 5.41) is 3.22. The average molecular weight is 270 g/mol. The molecule has 1 N–H and O–H groups in total. The predicted octanol–water partition coefficient (Wildman–Crippen LogP) is 2.96.